The lowest BCUT2D eigenvalue weighted by Crippen LogP contribution is -2.25. The van der Waals surface area contributed by atoms with Crippen LogP contribution < -0.4 is 5.56 Å². The van der Waals surface area contributed by atoms with E-state index in [0.29, 0.717) is 5.56 Å². The number of nitrogens with zero attached hydrogens (tertiary/aromatic N) is 5. The number of phosphoric ester groups is 1. The lowest BCUT2D eigenvalue weighted by Gasteiger charge is -2.16. The average molecular weight is 543 g/mol. The number of hydrogen-bond acceptors (Lipinski definition) is 11. The highest BCUT2D eigenvalue weighted by molar-refractivity contribution is 7.98. The van der Waals surface area contributed by atoms with Gasteiger partial charge in [0, 0.05) is 5.56 Å². The summed E-state index contributed by atoms with van der Waals surface area (Å²) in [7, 11) is -16.4. The first-order valence-corrected chi connectivity index (χ1v) is 14.3. The molecule has 180 valence electrons. The molecule has 0 bridgehead atoms. The molecule has 1 aromatic carbocycles. The van der Waals surface area contributed by atoms with E-state index in [0.717, 1.165) is 21.0 Å². The first-order chi connectivity index (χ1) is 15.3. The SMILES string of the molecule is CSc1nc2n(CCOP(=O)(O)OP(=O)(O)OP(=O)(O)O)nc(-c3ccccc3)c(=O)n2n1. The molecule has 2 atom stereocenters. The van der Waals surface area contributed by atoms with Crippen LogP contribution in [0.3, 0.4) is 0 Å². The largest absolute Gasteiger partial charge is 0.490 e. The Morgan fingerprint density at radius 1 is 1.00 bits per heavy atom. The van der Waals surface area contributed by atoms with E-state index in [1.54, 1.807) is 36.6 Å². The normalized spacial score (nSPS) is 15.9. The van der Waals surface area contributed by atoms with E-state index in [2.05, 4.69) is 28.3 Å². The Labute approximate surface area is 188 Å². The molecular weight excluding hydrogens is 527 g/mol. The highest BCUT2D eigenvalue weighted by Crippen LogP contribution is 2.66. The fraction of sp³-hybridized carbons (Fsp3) is 0.231. The minimum absolute atomic E-state index is 0.000937. The molecule has 4 N–H and O–H groups in total. The van der Waals surface area contributed by atoms with Crippen molar-refractivity contribution in [3.8, 4) is 11.3 Å². The molecule has 0 aliphatic carbocycles. The van der Waals surface area contributed by atoms with Crippen molar-refractivity contribution in [3.63, 3.8) is 0 Å². The molecule has 3 rings (SSSR count). The van der Waals surface area contributed by atoms with Gasteiger partial charge in [0.1, 0.15) is 0 Å². The average Bonchev–Trinajstić information content (AvgIpc) is 3.13. The van der Waals surface area contributed by atoms with Gasteiger partial charge < -0.3 is 19.6 Å². The molecule has 3 aromatic rings. The van der Waals surface area contributed by atoms with Crippen LogP contribution in [0.2, 0.25) is 0 Å². The maximum Gasteiger partial charge on any atom is 0.490 e. The van der Waals surface area contributed by atoms with Crippen LogP contribution in [-0.2, 0) is 33.4 Å². The third-order valence-corrected chi connectivity index (χ3v) is 7.99. The number of aromatic nitrogens is 5. The zero-order valence-corrected chi connectivity index (χ0v) is 19.9. The molecule has 0 saturated carbocycles. The topological polar surface area (TPSA) is 225 Å². The Morgan fingerprint density at radius 3 is 2.27 bits per heavy atom. The number of hydrogen-bond donors (Lipinski definition) is 4. The molecule has 0 saturated heterocycles. The highest BCUT2D eigenvalue weighted by Gasteiger charge is 2.40. The molecule has 0 fully saturated rings. The minimum atomic E-state index is -5.64. The molecule has 0 amide bonds. The maximum absolute atomic E-state index is 12.8. The van der Waals surface area contributed by atoms with E-state index in [1.807, 2.05) is 0 Å². The molecule has 0 spiro atoms. The second kappa shape index (κ2) is 9.86. The molecule has 2 unspecified atom stereocenters. The summed E-state index contributed by atoms with van der Waals surface area (Å²) in [5.41, 5.74) is -0.0978. The highest BCUT2D eigenvalue weighted by atomic mass is 32.2. The molecule has 33 heavy (non-hydrogen) atoms. The molecule has 0 aliphatic heterocycles. The van der Waals surface area contributed by atoms with Crippen LogP contribution in [-0.4, -0.2) is 56.8 Å². The van der Waals surface area contributed by atoms with Crippen LogP contribution in [0.1, 0.15) is 0 Å². The molecular formula is C13H16N5O11P3S. The van der Waals surface area contributed by atoms with Gasteiger partial charge >= 0.3 is 29.0 Å². The Bertz CT molecular complexity index is 1360. The van der Waals surface area contributed by atoms with E-state index in [4.69, 9.17) is 9.79 Å². The summed E-state index contributed by atoms with van der Waals surface area (Å²) in [5.74, 6) is -0.0148. The summed E-state index contributed by atoms with van der Waals surface area (Å²) < 4.78 is 48.0. The van der Waals surface area contributed by atoms with Gasteiger partial charge in [-0.1, -0.05) is 42.1 Å². The van der Waals surface area contributed by atoms with Gasteiger partial charge in [0.2, 0.25) is 5.16 Å². The molecule has 2 heterocycles. The van der Waals surface area contributed by atoms with Gasteiger partial charge in [-0.25, -0.2) is 18.4 Å². The summed E-state index contributed by atoms with van der Waals surface area (Å²) in [4.78, 5) is 52.8. The van der Waals surface area contributed by atoms with Crippen LogP contribution in [0.5, 0.6) is 0 Å². The van der Waals surface area contributed by atoms with E-state index >= 15 is 0 Å². The number of thioether (sulfide) groups is 1. The van der Waals surface area contributed by atoms with Crippen molar-refractivity contribution >= 4 is 41.0 Å². The summed E-state index contributed by atoms with van der Waals surface area (Å²) in [6.45, 7) is -0.968. The number of rotatable bonds is 10. The van der Waals surface area contributed by atoms with Crippen molar-refractivity contribution in [2.24, 2.45) is 0 Å². The summed E-state index contributed by atoms with van der Waals surface area (Å²) in [5, 5.41) is 8.54. The van der Waals surface area contributed by atoms with Crippen LogP contribution in [0.15, 0.2) is 40.3 Å². The minimum Gasteiger partial charge on any atom is -0.302 e. The van der Waals surface area contributed by atoms with Gasteiger partial charge in [-0.15, -0.1) is 5.10 Å². The third kappa shape index (κ3) is 6.88. The number of phosphoric acid groups is 3. The molecule has 0 radical (unpaired) electrons. The number of benzene rings is 1. The standard InChI is InChI=1S/C13H16N5O11P3S/c1-33-12-14-13-17(7-8-27-31(23,24)29-32(25,26)28-30(20,21)22)15-10(11(19)18(13)16-12)9-5-3-2-4-6-9/h2-6H,7-8H2,1H3,(H,23,24)(H,25,26)(H2,20,21,22). The predicted molar refractivity (Wildman–Crippen MR) is 112 cm³/mol. The first kappa shape index (κ1) is 25.9. The molecule has 16 nitrogen and oxygen atoms in total. The Hall–Kier alpha value is -1.74. The van der Waals surface area contributed by atoms with Crippen molar-refractivity contribution < 1.29 is 46.4 Å². The quantitative estimate of drug-likeness (QED) is 0.207. The summed E-state index contributed by atoms with van der Waals surface area (Å²) in [6.07, 6.45) is 1.69. The van der Waals surface area contributed by atoms with Gasteiger partial charge in [-0.2, -0.15) is 23.2 Å². The predicted octanol–water partition coefficient (Wildman–Crippen LogP) is 1.02. The van der Waals surface area contributed by atoms with Crippen LogP contribution in [0.4, 0.5) is 0 Å². The van der Waals surface area contributed by atoms with Gasteiger partial charge in [0.15, 0.2) is 5.69 Å². The fourth-order valence-corrected chi connectivity index (χ4v) is 5.80. The number of fused-ring (bicyclic) bond motifs is 1. The van der Waals surface area contributed by atoms with E-state index in [-0.39, 0.29) is 23.2 Å². The van der Waals surface area contributed by atoms with Gasteiger partial charge in [-0.3, -0.25) is 9.32 Å². The zero-order valence-electron chi connectivity index (χ0n) is 16.4. The summed E-state index contributed by atoms with van der Waals surface area (Å²) >= 11 is 1.16. The maximum atomic E-state index is 12.8. The Balaban J connectivity index is 1.85. The second-order valence-electron chi connectivity index (χ2n) is 5.98. The lowest BCUT2D eigenvalue weighted by atomic mass is 10.2. The summed E-state index contributed by atoms with van der Waals surface area (Å²) in [6, 6.07) is 8.39. The van der Waals surface area contributed by atoms with Crippen LogP contribution in [0, 0.1) is 0 Å². The van der Waals surface area contributed by atoms with E-state index in [9.17, 15) is 28.3 Å². The Morgan fingerprint density at radius 2 is 1.67 bits per heavy atom. The monoisotopic (exact) mass is 543 g/mol. The fourth-order valence-electron chi connectivity index (χ4n) is 2.46. The van der Waals surface area contributed by atoms with Crippen LogP contribution in [0.25, 0.3) is 17.0 Å². The second-order valence-corrected chi connectivity index (χ2v) is 11.2. The van der Waals surface area contributed by atoms with Crippen molar-refractivity contribution in [3.05, 3.63) is 40.7 Å². The molecule has 20 heteroatoms. The van der Waals surface area contributed by atoms with Gasteiger partial charge in [0.05, 0.1) is 13.2 Å². The van der Waals surface area contributed by atoms with Gasteiger partial charge in [0.25, 0.3) is 5.78 Å². The van der Waals surface area contributed by atoms with Crippen molar-refractivity contribution in [1.29, 1.82) is 0 Å². The zero-order chi connectivity index (χ0) is 24.4. The first-order valence-electron chi connectivity index (χ1n) is 8.56. The lowest BCUT2D eigenvalue weighted by molar-refractivity contribution is 0.167. The Kier molecular flexibility index (Phi) is 7.73. The molecule has 2 aromatic heterocycles. The van der Waals surface area contributed by atoms with Crippen molar-refractivity contribution in [2.75, 3.05) is 12.9 Å². The van der Waals surface area contributed by atoms with Crippen molar-refractivity contribution in [2.45, 2.75) is 11.7 Å². The molecule has 0 aliphatic rings. The van der Waals surface area contributed by atoms with E-state index < -0.39 is 35.6 Å². The van der Waals surface area contributed by atoms with Crippen LogP contribution >= 0.6 is 35.2 Å². The third-order valence-electron chi connectivity index (χ3n) is 3.62. The van der Waals surface area contributed by atoms with Gasteiger partial charge in [-0.05, 0) is 6.26 Å². The van der Waals surface area contributed by atoms with E-state index in [1.165, 1.54) is 0 Å². The smallest absolute Gasteiger partial charge is 0.302 e. The van der Waals surface area contributed by atoms with Crippen molar-refractivity contribution in [1.82, 2.24) is 24.4 Å².